The first-order valence-electron chi connectivity index (χ1n) is 8.99. The summed E-state index contributed by atoms with van der Waals surface area (Å²) in [5, 5.41) is 3.09. The third-order valence-electron chi connectivity index (χ3n) is 4.82. The van der Waals surface area contributed by atoms with Gasteiger partial charge in [0.25, 0.3) is 5.91 Å². The third kappa shape index (κ3) is 4.96. The zero-order chi connectivity index (χ0) is 16.7. The maximum absolute atomic E-state index is 12.3. The highest BCUT2D eigenvalue weighted by molar-refractivity contribution is 5.94. The number of amides is 1. The van der Waals surface area contributed by atoms with Crippen molar-refractivity contribution in [2.24, 2.45) is 0 Å². The molecule has 1 aromatic rings. The molecule has 1 aliphatic rings. The summed E-state index contributed by atoms with van der Waals surface area (Å²) in [5.41, 5.74) is 1.92. The van der Waals surface area contributed by atoms with E-state index in [1.165, 1.54) is 31.4 Å². The molecular formula is C19H31N3O. The lowest BCUT2D eigenvalue weighted by Gasteiger charge is -2.23. The SMILES string of the molecule is CCCCN(C)c1ccc(C(=O)NCC2CCCN2CC)cc1. The van der Waals surface area contributed by atoms with Crippen LogP contribution in [0.2, 0.25) is 0 Å². The molecule has 2 rings (SSSR count). The maximum atomic E-state index is 12.3. The molecule has 1 heterocycles. The average Bonchev–Trinajstić information content (AvgIpc) is 3.05. The predicted octanol–water partition coefficient (Wildman–Crippen LogP) is 3.14. The molecule has 23 heavy (non-hydrogen) atoms. The first-order valence-corrected chi connectivity index (χ1v) is 8.99. The number of carbonyl (C=O) groups excluding carboxylic acids is 1. The van der Waals surface area contributed by atoms with Crippen LogP contribution in [0.3, 0.4) is 0 Å². The summed E-state index contributed by atoms with van der Waals surface area (Å²) in [5.74, 6) is 0.0377. The fraction of sp³-hybridized carbons (Fsp3) is 0.632. The summed E-state index contributed by atoms with van der Waals surface area (Å²) in [6.07, 6.45) is 4.82. The van der Waals surface area contributed by atoms with E-state index in [9.17, 15) is 4.79 Å². The smallest absolute Gasteiger partial charge is 0.251 e. The Kier molecular flexibility index (Phi) is 6.90. The number of rotatable bonds is 8. The normalized spacial score (nSPS) is 18.1. The second-order valence-electron chi connectivity index (χ2n) is 6.46. The van der Waals surface area contributed by atoms with E-state index in [4.69, 9.17) is 0 Å². The molecule has 0 radical (unpaired) electrons. The lowest BCUT2D eigenvalue weighted by Crippen LogP contribution is -2.40. The average molecular weight is 317 g/mol. The number of likely N-dealkylation sites (tertiary alicyclic amines) is 1. The largest absolute Gasteiger partial charge is 0.375 e. The Morgan fingerprint density at radius 3 is 2.70 bits per heavy atom. The number of unbranched alkanes of at least 4 members (excludes halogenated alkanes) is 1. The van der Waals surface area contributed by atoms with E-state index < -0.39 is 0 Å². The minimum absolute atomic E-state index is 0.0377. The molecule has 1 amide bonds. The van der Waals surface area contributed by atoms with Gasteiger partial charge >= 0.3 is 0 Å². The molecule has 1 unspecified atom stereocenters. The van der Waals surface area contributed by atoms with Crippen LogP contribution >= 0.6 is 0 Å². The quantitative estimate of drug-likeness (QED) is 0.800. The fourth-order valence-electron chi connectivity index (χ4n) is 3.25. The van der Waals surface area contributed by atoms with Crippen LogP contribution in [-0.2, 0) is 0 Å². The van der Waals surface area contributed by atoms with Gasteiger partial charge in [-0.1, -0.05) is 20.3 Å². The molecule has 1 N–H and O–H groups in total. The van der Waals surface area contributed by atoms with Gasteiger partial charge in [0.2, 0.25) is 0 Å². The van der Waals surface area contributed by atoms with Gasteiger partial charge in [0, 0.05) is 37.4 Å². The maximum Gasteiger partial charge on any atom is 0.251 e. The molecule has 4 heteroatoms. The summed E-state index contributed by atoms with van der Waals surface area (Å²) in [7, 11) is 2.10. The van der Waals surface area contributed by atoms with Crippen molar-refractivity contribution in [2.75, 3.05) is 38.1 Å². The molecule has 4 nitrogen and oxygen atoms in total. The van der Waals surface area contributed by atoms with Gasteiger partial charge < -0.3 is 10.2 Å². The van der Waals surface area contributed by atoms with Gasteiger partial charge in [-0.25, -0.2) is 0 Å². The second-order valence-corrected chi connectivity index (χ2v) is 6.46. The molecule has 1 aliphatic heterocycles. The number of carbonyl (C=O) groups is 1. The van der Waals surface area contributed by atoms with Gasteiger partial charge in [-0.2, -0.15) is 0 Å². The Labute approximate surface area is 140 Å². The molecule has 0 aromatic heterocycles. The molecule has 128 valence electrons. The van der Waals surface area contributed by atoms with E-state index in [1.54, 1.807) is 0 Å². The van der Waals surface area contributed by atoms with Crippen LogP contribution in [0.4, 0.5) is 5.69 Å². The monoisotopic (exact) mass is 317 g/mol. The van der Waals surface area contributed by atoms with E-state index in [-0.39, 0.29) is 5.91 Å². The summed E-state index contributed by atoms with van der Waals surface area (Å²) < 4.78 is 0. The Bertz CT molecular complexity index is 486. The summed E-state index contributed by atoms with van der Waals surface area (Å²) >= 11 is 0. The van der Waals surface area contributed by atoms with Gasteiger partial charge in [-0.05, 0) is 56.6 Å². The number of hydrogen-bond acceptors (Lipinski definition) is 3. The molecule has 1 saturated heterocycles. The Hall–Kier alpha value is -1.55. The zero-order valence-electron chi connectivity index (χ0n) is 14.8. The van der Waals surface area contributed by atoms with E-state index in [2.05, 4.69) is 36.0 Å². The first kappa shape index (κ1) is 17.8. The van der Waals surface area contributed by atoms with Crippen molar-refractivity contribution in [3.8, 4) is 0 Å². The number of likely N-dealkylation sites (N-methyl/N-ethyl adjacent to an activating group) is 1. The molecule has 0 saturated carbocycles. The van der Waals surface area contributed by atoms with Crippen LogP contribution in [0.5, 0.6) is 0 Å². The van der Waals surface area contributed by atoms with Crippen LogP contribution in [0.1, 0.15) is 49.9 Å². The van der Waals surface area contributed by atoms with Crippen molar-refractivity contribution in [3.05, 3.63) is 29.8 Å². The highest BCUT2D eigenvalue weighted by Crippen LogP contribution is 2.17. The highest BCUT2D eigenvalue weighted by Gasteiger charge is 2.23. The molecule has 1 fully saturated rings. The minimum atomic E-state index is 0.0377. The van der Waals surface area contributed by atoms with Crippen molar-refractivity contribution in [2.45, 2.75) is 45.6 Å². The molecule has 0 bridgehead atoms. The van der Waals surface area contributed by atoms with Crippen molar-refractivity contribution < 1.29 is 4.79 Å². The topological polar surface area (TPSA) is 35.6 Å². The fourth-order valence-corrected chi connectivity index (χ4v) is 3.25. The van der Waals surface area contributed by atoms with Crippen molar-refractivity contribution >= 4 is 11.6 Å². The number of anilines is 1. The number of benzene rings is 1. The Morgan fingerprint density at radius 2 is 2.04 bits per heavy atom. The first-order chi connectivity index (χ1) is 11.2. The second kappa shape index (κ2) is 8.92. The van der Waals surface area contributed by atoms with Gasteiger partial charge in [0.05, 0.1) is 0 Å². The molecule has 0 aliphatic carbocycles. The van der Waals surface area contributed by atoms with Crippen LogP contribution < -0.4 is 10.2 Å². The lowest BCUT2D eigenvalue weighted by atomic mass is 10.1. The number of hydrogen-bond donors (Lipinski definition) is 1. The number of nitrogens with one attached hydrogen (secondary N) is 1. The van der Waals surface area contributed by atoms with Gasteiger partial charge in [0.15, 0.2) is 0 Å². The molecule has 1 atom stereocenters. The third-order valence-corrected chi connectivity index (χ3v) is 4.82. The van der Waals surface area contributed by atoms with E-state index >= 15 is 0 Å². The van der Waals surface area contributed by atoms with E-state index in [1.807, 2.05) is 24.3 Å². The summed E-state index contributed by atoms with van der Waals surface area (Å²) in [6.45, 7) is 8.43. The minimum Gasteiger partial charge on any atom is -0.375 e. The Balaban J connectivity index is 1.85. The molecule has 0 spiro atoms. The van der Waals surface area contributed by atoms with Crippen LogP contribution in [-0.4, -0.2) is 50.1 Å². The number of nitrogens with zero attached hydrogens (tertiary/aromatic N) is 2. The van der Waals surface area contributed by atoms with Crippen LogP contribution in [0.25, 0.3) is 0 Å². The van der Waals surface area contributed by atoms with Gasteiger partial charge in [-0.15, -0.1) is 0 Å². The highest BCUT2D eigenvalue weighted by atomic mass is 16.1. The summed E-state index contributed by atoms with van der Waals surface area (Å²) in [6, 6.07) is 8.44. The van der Waals surface area contributed by atoms with E-state index in [0.717, 1.165) is 31.7 Å². The standard InChI is InChI=1S/C19H31N3O/c1-4-6-13-21(3)17-11-9-16(10-12-17)19(23)20-15-18-8-7-14-22(18)5-2/h9-12,18H,4-8,13-15H2,1-3H3,(H,20,23). The zero-order valence-corrected chi connectivity index (χ0v) is 14.8. The van der Waals surface area contributed by atoms with Gasteiger partial charge in [0.1, 0.15) is 0 Å². The predicted molar refractivity (Wildman–Crippen MR) is 97.2 cm³/mol. The Morgan fingerprint density at radius 1 is 1.30 bits per heavy atom. The van der Waals surface area contributed by atoms with Crippen molar-refractivity contribution in [1.82, 2.24) is 10.2 Å². The van der Waals surface area contributed by atoms with Crippen molar-refractivity contribution in [1.29, 1.82) is 0 Å². The molecular weight excluding hydrogens is 286 g/mol. The lowest BCUT2D eigenvalue weighted by molar-refractivity contribution is 0.0941. The van der Waals surface area contributed by atoms with Gasteiger partial charge in [-0.3, -0.25) is 9.69 Å². The van der Waals surface area contributed by atoms with Crippen LogP contribution in [0.15, 0.2) is 24.3 Å². The molecule has 1 aromatic carbocycles. The van der Waals surface area contributed by atoms with E-state index in [0.29, 0.717) is 6.04 Å². The van der Waals surface area contributed by atoms with Crippen molar-refractivity contribution in [3.63, 3.8) is 0 Å². The summed E-state index contributed by atoms with van der Waals surface area (Å²) in [4.78, 5) is 17.0. The van der Waals surface area contributed by atoms with Crippen LogP contribution in [0, 0.1) is 0 Å².